The van der Waals surface area contributed by atoms with Crippen molar-refractivity contribution in [3.05, 3.63) is 54.4 Å². The van der Waals surface area contributed by atoms with Crippen LogP contribution in [0.4, 0.5) is 0 Å². The predicted molar refractivity (Wildman–Crippen MR) is 91.9 cm³/mol. The summed E-state index contributed by atoms with van der Waals surface area (Å²) in [6, 6.07) is 9.85. The number of pyridine rings is 1. The van der Waals surface area contributed by atoms with Gasteiger partial charge in [-0.05, 0) is 24.3 Å². The number of rotatable bonds is 4. The summed E-state index contributed by atoms with van der Waals surface area (Å²) in [5.41, 5.74) is 0.552. The first kappa shape index (κ1) is 17.4. The third kappa shape index (κ3) is 3.49. The molecule has 0 atom stereocenters. The Labute approximate surface area is 146 Å². The molecule has 7 nitrogen and oxygen atoms in total. The molecule has 0 saturated carbocycles. The highest BCUT2D eigenvalue weighted by Crippen LogP contribution is 2.27. The van der Waals surface area contributed by atoms with Crippen LogP contribution in [0.15, 0.2) is 53.7 Å². The summed E-state index contributed by atoms with van der Waals surface area (Å²) < 4.78 is 32.2. The average molecular weight is 361 g/mol. The molecule has 25 heavy (non-hydrogen) atoms. The van der Waals surface area contributed by atoms with Gasteiger partial charge in [-0.3, -0.25) is 9.78 Å². The van der Waals surface area contributed by atoms with Crippen LogP contribution in [-0.4, -0.2) is 61.8 Å². The third-order valence-electron chi connectivity index (χ3n) is 4.14. The summed E-state index contributed by atoms with van der Waals surface area (Å²) >= 11 is 0. The summed E-state index contributed by atoms with van der Waals surface area (Å²) in [5, 5.41) is 0. The van der Waals surface area contributed by atoms with Crippen LogP contribution in [0.25, 0.3) is 0 Å². The first-order chi connectivity index (χ1) is 12.0. The monoisotopic (exact) mass is 361 g/mol. The SMILES string of the molecule is COc1ccccc1S(=O)(=O)N1CCN(C(=O)c2ccncc2)CC1. The van der Waals surface area contributed by atoms with E-state index in [2.05, 4.69) is 4.98 Å². The summed E-state index contributed by atoms with van der Waals surface area (Å²) in [7, 11) is -2.21. The average Bonchev–Trinajstić information content (AvgIpc) is 2.68. The van der Waals surface area contributed by atoms with Gasteiger partial charge in [0.25, 0.3) is 5.91 Å². The number of sulfonamides is 1. The van der Waals surface area contributed by atoms with Gasteiger partial charge in [0.15, 0.2) is 0 Å². The van der Waals surface area contributed by atoms with Gasteiger partial charge in [-0.2, -0.15) is 4.31 Å². The second kappa shape index (κ2) is 7.20. The fraction of sp³-hybridized carbons (Fsp3) is 0.294. The summed E-state index contributed by atoms with van der Waals surface area (Å²) in [4.78, 5) is 18.1. The van der Waals surface area contributed by atoms with Crippen molar-refractivity contribution < 1.29 is 17.9 Å². The minimum absolute atomic E-state index is 0.114. The van der Waals surface area contributed by atoms with E-state index in [0.29, 0.717) is 24.4 Å². The van der Waals surface area contributed by atoms with E-state index in [9.17, 15) is 13.2 Å². The number of para-hydroxylation sites is 1. The van der Waals surface area contributed by atoms with Crippen LogP contribution in [0.2, 0.25) is 0 Å². The van der Waals surface area contributed by atoms with Crippen LogP contribution >= 0.6 is 0 Å². The van der Waals surface area contributed by atoms with Gasteiger partial charge < -0.3 is 9.64 Å². The lowest BCUT2D eigenvalue weighted by atomic mass is 10.2. The lowest BCUT2D eigenvalue weighted by Crippen LogP contribution is -2.50. The Kier molecular flexibility index (Phi) is 5.00. The number of ether oxygens (including phenoxy) is 1. The first-order valence-corrected chi connectivity index (χ1v) is 9.30. The highest BCUT2D eigenvalue weighted by atomic mass is 32.2. The Bertz CT molecular complexity index is 847. The quantitative estimate of drug-likeness (QED) is 0.818. The Morgan fingerprint density at radius 2 is 1.68 bits per heavy atom. The summed E-state index contributed by atoms with van der Waals surface area (Å²) in [6.07, 6.45) is 3.13. The highest BCUT2D eigenvalue weighted by molar-refractivity contribution is 7.89. The number of carbonyl (C=O) groups excluding carboxylic acids is 1. The van der Waals surface area contributed by atoms with Crippen LogP contribution in [0, 0.1) is 0 Å². The van der Waals surface area contributed by atoms with Crippen molar-refractivity contribution in [1.29, 1.82) is 0 Å². The zero-order valence-electron chi connectivity index (χ0n) is 13.8. The zero-order valence-corrected chi connectivity index (χ0v) is 14.6. The second-order valence-corrected chi connectivity index (χ2v) is 7.49. The molecule has 2 heterocycles. The number of piperazine rings is 1. The molecule has 1 amide bonds. The van der Waals surface area contributed by atoms with E-state index >= 15 is 0 Å². The zero-order chi connectivity index (χ0) is 17.9. The first-order valence-electron chi connectivity index (χ1n) is 7.86. The van der Waals surface area contributed by atoms with Crippen molar-refractivity contribution in [2.24, 2.45) is 0 Å². The Morgan fingerprint density at radius 3 is 2.32 bits per heavy atom. The molecule has 0 aliphatic carbocycles. The van der Waals surface area contributed by atoms with Crippen molar-refractivity contribution >= 4 is 15.9 Å². The lowest BCUT2D eigenvalue weighted by molar-refractivity contribution is 0.0697. The molecule has 0 bridgehead atoms. The topological polar surface area (TPSA) is 79.8 Å². The van der Waals surface area contributed by atoms with E-state index in [1.54, 1.807) is 47.6 Å². The second-order valence-electron chi connectivity index (χ2n) is 5.58. The number of benzene rings is 1. The van der Waals surface area contributed by atoms with Gasteiger partial charge in [0, 0.05) is 44.1 Å². The molecule has 0 unspecified atom stereocenters. The highest BCUT2D eigenvalue weighted by Gasteiger charge is 2.32. The van der Waals surface area contributed by atoms with E-state index in [1.165, 1.54) is 17.5 Å². The maximum atomic E-state index is 12.8. The van der Waals surface area contributed by atoms with Gasteiger partial charge in [0.2, 0.25) is 10.0 Å². The predicted octanol–water partition coefficient (Wildman–Crippen LogP) is 1.24. The number of hydrogen-bond donors (Lipinski definition) is 0. The molecule has 0 spiro atoms. The van der Waals surface area contributed by atoms with E-state index in [0.717, 1.165) is 0 Å². The van der Waals surface area contributed by atoms with Crippen molar-refractivity contribution in [3.8, 4) is 5.75 Å². The molecule has 132 valence electrons. The van der Waals surface area contributed by atoms with Crippen molar-refractivity contribution in [2.75, 3.05) is 33.3 Å². The molecule has 1 aliphatic rings. The van der Waals surface area contributed by atoms with E-state index in [-0.39, 0.29) is 23.9 Å². The normalized spacial score (nSPS) is 15.8. The van der Waals surface area contributed by atoms with Crippen LogP contribution in [0.5, 0.6) is 5.75 Å². The fourth-order valence-electron chi connectivity index (χ4n) is 2.78. The minimum Gasteiger partial charge on any atom is -0.495 e. The molecular formula is C17H19N3O4S. The Morgan fingerprint density at radius 1 is 1.04 bits per heavy atom. The van der Waals surface area contributed by atoms with Crippen molar-refractivity contribution in [2.45, 2.75) is 4.90 Å². The van der Waals surface area contributed by atoms with Crippen LogP contribution < -0.4 is 4.74 Å². The molecule has 0 radical (unpaired) electrons. The molecule has 1 saturated heterocycles. The number of nitrogens with zero attached hydrogens (tertiary/aromatic N) is 3. The summed E-state index contributed by atoms with van der Waals surface area (Å²) in [5.74, 6) is 0.203. The van der Waals surface area contributed by atoms with Crippen LogP contribution in [0.3, 0.4) is 0 Å². The maximum Gasteiger partial charge on any atom is 0.254 e. The van der Waals surface area contributed by atoms with E-state index in [4.69, 9.17) is 4.74 Å². The fourth-order valence-corrected chi connectivity index (χ4v) is 4.36. The Hall–Kier alpha value is -2.45. The van der Waals surface area contributed by atoms with Gasteiger partial charge in [-0.1, -0.05) is 12.1 Å². The molecule has 3 rings (SSSR count). The number of hydrogen-bond acceptors (Lipinski definition) is 5. The van der Waals surface area contributed by atoms with E-state index in [1.807, 2.05) is 0 Å². The minimum atomic E-state index is -3.66. The van der Waals surface area contributed by atoms with Crippen LogP contribution in [0.1, 0.15) is 10.4 Å². The van der Waals surface area contributed by atoms with E-state index < -0.39 is 10.0 Å². The standard InChI is InChI=1S/C17H19N3O4S/c1-24-15-4-2-3-5-16(15)25(22,23)20-12-10-19(11-13-20)17(21)14-6-8-18-9-7-14/h2-9H,10-13H2,1H3. The lowest BCUT2D eigenvalue weighted by Gasteiger charge is -2.34. The molecule has 8 heteroatoms. The smallest absolute Gasteiger partial charge is 0.254 e. The molecule has 1 aliphatic heterocycles. The molecule has 1 aromatic carbocycles. The van der Waals surface area contributed by atoms with Gasteiger partial charge in [0.1, 0.15) is 10.6 Å². The van der Waals surface area contributed by atoms with Gasteiger partial charge in [-0.15, -0.1) is 0 Å². The maximum absolute atomic E-state index is 12.8. The number of methoxy groups -OCH3 is 1. The van der Waals surface area contributed by atoms with Crippen LogP contribution in [-0.2, 0) is 10.0 Å². The van der Waals surface area contributed by atoms with Gasteiger partial charge >= 0.3 is 0 Å². The molecule has 0 N–H and O–H groups in total. The van der Waals surface area contributed by atoms with Crippen molar-refractivity contribution in [3.63, 3.8) is 0 Å². The van der Waals surface area contributed by atoms with Crippen molar-refractivity contribution in [1.82, 2.24) is 14.2 Å². The summed E-state index contributed by atoms with van der Waals surface area (Å²) in [6.45, 7) is 1.18. The number of amides is 1. The van der Waals surface area contributed by atoms with Gasteiger partial charge in [-0.25, -0.2) is 8.42 Å². The number of carbonyl (C=O) groups is 1. The Balaban J connectivity index is 1.72. The molecular weight excluding hydrogens is 342 g/mol. The third-order valence-corrected chi connectivity index (χ3v) is 6.08. The number of aromatic nitrogens is 1. The molecule has 1 aromatic heterocycles. The molecule has 1 fully saturated rings. The molecule has 2 aromatic rings. The van der Waals surface area contributed by atoms with Gasteiger partial charge in [0.05, 0.1) is 7.11 Å². The largest absolute Gasteiger partial charge is 0.495 e.